The van der Waals surface area contributed by atoms with E-state index < -0.39 is 5.54 Å². The van der Waals surface area contributed by atoms with E-state index in [-0.39, 0.29) is 0 Å². The van der Waals surface area contributed by atoms with E-state index >= 15 is 0 Å². The summed E-state index contributed by atoms with van der Waals surface area (Å²) >= 11 is 0. The quantitative estimate of drug-likeness (QED) is 0.430. The van der Waals surface area contributed by atoms with Crippen molar-refractivity contribution in [1.29, 1.82) is 0 Å². The van der Waals surface area contributed by atoms with Gasteiger partial charge in [-0.1, -0.05) is 0 Å². The fraction of sp³-hybridized carbons (Fsp3) is 0.600. The summed E-state index contributed by atoms with van der Waals surface area (Å²) in [5, 5.41) is 0. The first-order chi connectivity index (χ1) is 3.48. The Labute approximate surface area is 49.5 Å². The SMILES string of the molecule is CC(C)(N)/C(N)=C/N. The van der Waals surface area contributed by atoms with Crippen LogP contribution in [0.3, 0.4) is 0 Å². The van der Waals surface area contributed by atoms with Crippen molar-refractivity contribution in [2.75, 3.05) is 0 Å². The molecule has 0 spiro atoms. The van der Waals surface area contributed by atoms with Crippen LogP contribution < -0.4 is 17.2 Å². The topological polar surface area (TPSA) is 78.1 Å². The third-order valence-corrected chi connectivity index (χ3v) is 0.924. The zero-order chi connectivity index (χ0) is 6.78. The van der Waals surface area contributed by atoms with E-state index in [9.17, 15) is 0 Å². The first kappa shape index (κ1) is 7.30. The molecule has 0 saturated carbocycles. The predicted octanol–water partition coefficient (Wildman–Crippen LogP) is -0.517. The molecule has 0 atom stereocenters. The van der Waals surface area contributed by atoms with E-state index in [1.807, 2.05) is 0 Å². The van der Waals surface area contributed by atoms with Gasteiger partial charge in [-0.15, -0.1) is 0 Å². The molecule has 0 aromatic rings. The van der Waals surface area contributed by atoms with Crippen molar-refractivity contribution in [3.8, 4) is 0 Å². The minimum atomic E-state index is -0.477. The Morgan fingerprint density at radius 3 is 1.88 bits per heavy atom. The molecule has 0 amide bonds. The van der Waals surface area contributed by atoms with Crippen molar-refractivity contribution in [1.82, 2.24) is 0 Å². The van der Waals surface area contributed by atoms with Crippen LogP contribution in [-0.2, 0) is 0 Å². The molecule has 0 unspecified atom stereocenters. The second-order valence-electron chi connectivity index (χ2n) is 2.34. The number of hydrogen-bond donors (Lipinski definition) is 3. The molecular weight excluding hydrogens is 102 g/mol. The molecule has 0 aromatic carbocycles. The standard InChI is InChI=1S/C5H13N3/c1-5(2,8)4(7)3-6/h3H,6-8H2,1-2H3/b4-3-. The maximum Gasteiger partial charge on any atom is 0.0513 e. The van der Waals surface area contributed by atoms with Crippen LogP contribution in [-0.4, -0.2) is 5.54 Å². The van der Waals surface area contributed by atoms with Crippen molar-refractivity contribution >= 4 is 0 Å². The van der Waals surface area contributed by atoms with Crippen LogP contribution >= 0.6 is 0 Å². The molecule has 8 heavy (non-hydrogen) atoms. The summed E-state index contributed by atoms with van der Waals surface area (Å²) in [6.07, 6.45) is 1.32. The molecule has 3 heteroatoms. The lowest BCUT2D eigenvalue weighted by atomic mass is 10.0. The highest BCUT2D eigenvalue weighted by molar-refractivity contribution is 5.09. The van der Waals surface area contributed by atoms with E-state index in [4.69, 9.17) is 17.2 Å². The van der Waals surface area contributed by atoms with E-state index in [0.29, 0.717) is 5.70 Å². The number of hydrogen-bond acceptors (Lipinski definition) is 3. The lowest BCUT2D eigenvalue weighted by Gasteiger charge is -2.17. The molecule has 0 radical (unpaired) electrons. The van der Waals surface area contributed by atoms with Crippen LogP contribution in [0, 0.1) is 0 Å². The van der Waals surface area contributed by atoms with Gasteiger partial charge in [0.05, 0.1) is 5.54 Å². The van der Waals surface area contributed by atoms with Crippen LogP contribution in [0.15, 0.2) is 11.9 Å². The maximum atomic E-state index is 5.52. The molecular formula is C5H13N3. The van der Waals surface area contributed by atoms with E-state index in [1.165, 1.54) is 6.20 Å². The normalized spacial score (nSPS) is 14.1. The van der Waals surface area contributed by atoms with Gasteiger partial charge < -0.3 is 17.2 Å². The van der Waals surface area contributed by atoms with Gasteiger partial charge in [0.2, 0.25) is 0 Å². The van der Waals surface area contributed by atoms with Gasteiger partial charge in [-0.3, -0.25) is 0 Å². The summed E-state index contributed by atoms with van der Waals surface area (Å²) < 4.78 is 0. The van der Waals surface area contributed by atoms with E-state index in [0.717, 1.165) is 0 Å². The van der Waals surface area contributed by atoms with Gasteiger partial charge in [-0.2, -0.15) is 0 Å². The highest BCUT2D eigenvalue weighted by atomic mass is 14.8. The van der Waals surface area contributed by atoms with Gasteiger partial charge in [0.1, 0.15) is 0 Å². The largest absolute Gasteiger partial charge is 0.403 e. The van der Waals surface area contributed by atoms with Crippen LogP contribution in [0.2, 0.25) is 0 Å². The molecule has 0 aliphatic rings. The summed E-state index contributed by atoms with van der Waals surface area (Å²) in [5.74, 6) is 0. The zero-order valence-electron chi connectivity index (χ0n) is 5.31. The Hall–Kier alpha value is -0.700. The Balaban J connectivity index is 4.03. The maximum absolute atomic E-state index is 5.52. The predicted molar refractivity (Wildman–Crippen MR) is 34.7 cm³/mol. The van der Waals surface area contributed by atoms with Gasteiger partial charge in [0.25, 0.3) is 0 Å². The molecule has 0 aromatic heterocycles. The van der Waals surface area contributed by atoms with Crippen molar-refractivity contribution in [3.05, 3.63) is 11.9 Å². The van der Waals surface area contributed by atoms with Gasteiger partial charge in [-0.25, -0.2) is 0 Å². The number of nitrogens with two attached hydrogens (primary N) is 3. The van der Waals surface area contributed by atoms with E-state index in [2.05, 4.69) is 0 Å². The Bertz CT molecular complexity index is 98.7. The summed E-state index contributed by atoms with van der Waals surface area (Å²) in [6.45, 7) is 3.59. The molecule has 0 rings (SSSR count). The average Bonchev–Trinajstić information content (AvgIpc) is 1.62. The highest BCUT2D eigenvalue weighted by Crippen LogP contribution is 2.02. The van der Waals surface area contributed by atoms with Gasteiger partial charge in [0, 0.05) is 11.9 Å². The van der Waals surface area contributed by atoms with Crippen LogP contribution in [0.1, 0.15) is 13.8 Å². The average molecular weight is 115 g/mol. The molecule has 0 saturated heterocycles. The first-order valence-corrected chi connectivity index (χ1v) is 2.45. The smallest absolute Gasteiger partial charge is 0.0513 e. The van der Waals surface area contributed by atoms with Crippen LogP contribution in [0.4, 0.5) is 0 Å². The molecule has 0 bridgehead atoms. The summed E-state index contributed by atoms with van der Waals surface area (Å²) in [4.78, 5) is 0. The molecule has 0 aliphatic heterocycles. The minimum absolute atomic E-state index is 0.477. The zero-order valence-corrected chi connectivity index (χ0v) is 5.31. The van der Waals surface area contributed by atoms with Gasteiger partial charge in [-0.05, 0) is 13.8 Å². The Kier molecular flexibility index (Phi) is 1.87. The van der Waals surface area contributed by atoms with Crippen LogP contribution in [0.5, 0.6) is 0 Å². The molecule has 3 nitrogen and oxygen atoms in total. The fourth-order valence-electron chi connectivity index (χ4n) is 0.215. The number of rotatable bonds is 1. The Morgan fingerprint density at radius 1 is 1.50 bits per heavy atom. The monoisotopic (exact) mass is 115 g/mol. The van der Waals surface area contributed by atoms with Gasteiger partial charge >= 0.3 is 0 Å². The van der Waals surface area contributed by atoms with Crippen molar-refractivity contribution < 1.29 is 0 Å². The molecule has 48 valence electrons. The lowest BCUT2D eigenvalue weighted by molar-refractivity contribution is 0.602. The summed E-state index contributed by atoms with van der Waals surface area (Å²) in [5.41, 5.74) is 16.0. The molecule has 0 fully saturated rings. The van der Waals surface area contributed by atoms with Crippen molar-refractivity contribution in [3.63, 3.8) is 0 Å². The van der Waals surface area contributed by atoms with Crippen molar-refractivity contribution in [2.45, 2.75) is 19.4 Å². The molecule has 6 N–H and O–H groups in total. The second kappa shape index (κ2) is 2.05. The summed E-state index contributed by atoms with van der Waals surface area (Å²) in [7, 11) is 0. The highest BCUT2D eigenvalue weighted by Gasteiger charge is 2.12. The molecule has 0 heterocycles. The van der Waals surface area contributed by atoms with Crippen molar-refractivity contribution in [2.24, 2.45) is 17.2 Å². The Morgan fingerprint density at radius 2 is 1.88 bits per heavy atom. The fourth-order valence-corrected chi connectivity index (χ4v) is 0.215. The van der Waals surface area contributed by atoms with Gasteiger partial charge in [0.15, 0.2) is 0 Å². The minimum Gasteiger partial charge on any atom is -0.403 e. The summed E-state index contributed by atoms with van der Waals surface area (Å²) in [6, 6.07) is 0. The third-order valence-electron chi connectivity index (χ3n) is 0.924. The van der Waals surface area contributed by atoms with E-state index in [1.54, 1.807) is 13.8 Å². The third kappa shape index (κ3) is 1.84. The first-order valence-electron chi connectivity index (χ1n) is 2.45. The molecule has 0 aliphatic carbocycles. The lowest BCUT2D eigenvalue weighted by Crippen LogP contribution is -2.38. The second-order valence-corrected chi connectivity index (χ2v) is 2.34. The van der Waals surface area contributed by atoms with Crippen LogP contribution in [0.25, 0.3) is 0 Å².